The minimum absolute atomic E-state index is 0.0933. The first kappa shape index (κ1) is 23.6. The van der Waals surface area contributed by atoms with E-state index in [1.165, 1.54) is 6.07 Å². The average Bonchev–Trinajstić information content (AvgIpc) is 3.45. The van der Waals surface area contributed by atoms with Gasteiger partial charge in [-0.1, -0.05) is 30.7 Å². The van der Waals surface area contributed by atoms with Gasteiger partial charge in [-0.25, -0.2) is 14.4 Å². The number of anilines is 2. The largest absolute Gasteiger partial charge is 0.403 e. The zero-order valence-electron chi connectivity index (χ0n) is 18.9. The first-order valence-electron chi connectivity index (χ1n) is 11.2. The number of amides is 1. The summed E-state index contributed by atoms with van der Waals surface area (Å²) in [4.78, 5) is 25.2. The molecule has 0 saturated heterocycles. The smallest absolute Gasteiger partial charge is 0.382 e. The van der Waals surface area contributed by atoms with Gasteiger partial charge in [0.25, 0.3) is 0 Å². The molecule has 3 N–H and O–H groups in total. The third-order valence-corrected chi connectivity index (χ3v) is 6.44. The standard InChI is InChI=1S/C24H21F4N7O/c25-15-6-2-1-5-14(15)13-35-19(16-7-3-10-30-16)11-17(34-35)21-31-12-18(20(29)33-21)32-22(36)23(8-4-9-23)24(26,27)28/h1-3,5-7,11-12H,4,8-10,13H2,(H,32,36)(H2,29,31,33). The summed E-state index contributed by atoms with van der Waals surface area (Å²) in [5.41, 5.74) is 5.41. The molecule has 2 aliphatic rings. The highest BCUT2D eigenvalue weighted by Crippen LogP contribution is 2.53. The second-order valence-electron chi connectivity index (χ2n) is 8.67. The van der Waals surface area contributed by atoms with Crippen LogP contribution in [-0.4, -0.2) is 44.1 Å². The van der Waals surface area contributed by atoms with Crippen LogP contribution in [0.3, 0.4) is 0 Å². The number of carbonyl (C=O) groups excluding carboxylic acids is 1. The number of benzene rings is 1. The average molecular weight is 499 g/mol. The monoisotopic (exact) mass is 499 g/mol. The lowest BCUT2D eigenvalue weighted by Crippen LogP contribution is -2.52. The van der Waals surface area contributed by atoms with Crippen molar-refractivity contribution in [3.63, 3.8) is 0 Å². The van der Waals surface area contributed by atoms with E-state index < -0.39 is 17.5 Å². The molecule has 1 aliphatic carbocycles. The van der Waals surface area contributed by atoms with Crippen LogP contribution in [0.5, 0.6) is 0 Å². The number of nitrogens with two attached hydrogens (primary N) is 1. The molecule has 0 atom stereocenters. The Morgan fingerprint density at radius 2 is 2.00 bits per heavy atom. The van der Waals surface area contributed by atoms with Crippen molar-refractivity contribution in [3.05, 3.63) is 65.8 Å². The van der Waals surface area contributed by atoms with Crippen LogP contribution in [0.2, 0.25) is 0 Å². The van der Waals surface area contributed by atoms with Gasteiger partial charge in [0.05, 0.1) is 30.7 Å². The quantitative estimate of drug-likeness (QED) is 0.496. The van der Waals surface area contributed by atoms with E-state index in [9.17, 15) is 22.4 Å². The van der Waals surface area contributed by atoms with Gasteiger partial charge < -0.3 is 11.1 Å². The molecule has 8 nitrogen and oxygen atoms in total. The first-order chi connectivity index (χ1) is 17.2. The van der Waals surface area contributed by atoms with Crippen molar-refractivity contribution in [2.75, 3.05) is 17.6 Å². The fourth-order valence-electron chi connectivity index (χ4n) is 4.20. The molecule has 0 spiro atoms. The van der Waals surface area contributed by atoms with Gasteiger partial charge in [0.2, 0.25) is 5.91 Å². The van der Waals surface area contributed by atoms with Crippen molar-refractivity contribution >= 4 is 23.1 Å². The molecule has 0 unspecified atom stereocenters. The SMILES string of the molecule is Nc1nc(-c2cc(C3=NCC=C3)n(Cc3ccccc3F)n2)ncc1NC(=O)C1(C(F)(F)F)CCC1. The van der Waals surface area contributed by atoms with Gasteiger partial charge in [0, 0.05) is 5.56 Å². The molecule has 3 aromatic rings. The topological polar surface area (TPSA) is 111 Å². The number of aliphatic imine (C=N–C) groups is 1. The number of halogens is 4. The summed E-state index contributed by atoms with van der Waals surface area (Å²) in [6, 6.07) is 8.00. The van der Waals surface area contributed by atoms with Gasteiger partial charge in [0.1, 0.15) is 22.6 Å². The summed E-state index contributed by atoms with van der Waals surface area (Å²) in [6.45, 7) is 0.630. The number of nitrogens with zero attached hydrogens (tertiary/aromatic N) is 5. The van der Waals surface area contributed by atoms with Gasteiger partial charge in [-0.2, -0.15) is 18.3 Å². The van der Waals surface area contributed by atoms with Crippen LogP contribution in [-0.2, 0) is 11.3 Å². The van der Waals surface area contributed by atoms with E-state index in [0.717, 1.165) is 6.20 Å². The van der Waals surface area contributed by atoms with Crippen LogP contribution in [0.4, 0.5) is 29.1 Å². The van der Waals surface area contributed by atoms with E-state index in [4.69, 9.17) is 5.73 Å². The molecular weight excluding hydrogens is 478 g/mol. The van der Waals surface area contributed by atoms with Crippen molar-refractivity contribution in [2.24, 2.45) is 10.4 Å². The van der Waals surface area contributed by atoms with Crippen molar-refractivity contribution < 1.29 is 22.4 Å². The molecule has 2 aromatic heterocycles. The Bertz CT molecular complexity index is 1390. The van der Waals surface area contributed by atoms with E-state index in [1.807, 2.05) is 12.2 Å². The number of aromatic nitrogens is 4. The maximum atomic E-state index is 14.3. The zero-order valence-corrected chi connectivity index (χ0v) is 18.9. The van der Waals surface area contributed by atoms with Gasteiger partial charge in [-0.15, -0.1) is 0 Å². The number of hydrogen-bond donors (Lipinski definition) is 2. The zero-order chi connectivity index (χ0) is 25.5. The normalized spacial score (nSPS) is 16.5. The maximum Gasteiger partial charge on any atom is 0.403 e. The summed E-state index contributed by atoms with van der Waals surface area (Å²) in [7, 11) is 0. The lowest BCUT2D eigenvalue weighted by Gasteiger charge is -2.41. The highest BCUT2D eigenvalue weighted by Gasteiger charge is 2.63. The summed E-state index contributed by atoms with van der Waals surface area (Å²) in [5.74, 6) is -1.66. The van der Waals surface area contributed by atoms with Gasteiger partial charge in [0.15, 0.2) is 11.6 Å². The van der Waals surface area contributed by atoms with Crippen LogP contribution >= 0.6 is 0 Å². The maximum absolute atomic E-state index is 14.3. The minimum atomic E-state index is -4.66. The number of carbonyl (C=O) groups is 1. The number of alkyl halides is 3. The lowest BCUT2D eigenvalue weighted by atomic mass is 9.67. The third kappa shape index (κ3) is 4.12. The molecule has 0 bridgehead atoms. The van der Waals surface area contributed by atoms with Crippen LogP contribution < -0.4 is 11.1 Å². The number of rotatable bonds is 6. The van der Waals surface area contributed by atoms with Gasteiger partial charge in [-0.3, -0.25) is 14.5 Å². The van der Waals surface area contributed by atoms with E-state index in [0.29, 0.717) is 35.6 Å². The Morgan fingerprint density at radius 1 is 1.22 bits per heavy atom. The molecule has 3 heterocycles. The second kappa shape index (κ2) is 8.85. The van der Waals surface area contributed by atoms with Gasteiger partial charge in [-0.05, 0) is 31.1 Å². The van der Waals surface area contributed by atoms with Crippen molar-refractivity contribution in [1.82, 2.24) is 19.7 Å². The molecule has 1 aliphatic heterocycles. The van der Waals surface area contributed by atoms with Crippen molar-refractivity contribution in [2.45, 2.75) is 32.0 Å². The highest BCUT2D eigenvalue weighted by atomic mass is 19.4. The second-order valence-corrected chi connectivity index (χ2v) is 8.67. The Labute approximate surface area is 203 Å². The summed E-state index contributed by atoms with van der Waals surface area (Å²) in [5, 5.41) is 6.74. The van der Waals surface area contributed by atoms with Crippen molar-refractivity contribution in [3.8, 4) is 11.5 Å². The molecule has 1 fully saturated rings. The predicted octanol–water partition coefficient (Wildman–Crippen LogP) is 4.14. The van der Waals surface area contributed by atoms with Crippen LogP contribution in [0.1, 0.15) is 30.5 Å². The molecular formula is C24H21F4N7O. The molecule has 5 rings (SSSR count). The Kier molecular flexibility index (Phi) is 5.81. The Hall–Kier alpha value is -4.09. The van der Waals surface area contributed by atoms with Gasteiger partial charge >= 0.3 is 6.18 Å². The molecule has 186 valence electrons. The van der Waals surface area contributed by atoms with E-state index in [2.05, 4.69) is 25.4 Å². The van der Waals surface area contributed by atoms with Crippen LogP contribution in [0, 0.1) is 11.2 Å². The number of nitrogens with one attached hydrogen (secondary N) is 1. The summed E-state index contributed by atoms with van der Waals surface area (Å²) >= 11 is 0. The molecule has 1 amide bonds. The molecule has 36 heavy (non-hydrogen) atoms. The molecule has 1 aromatic carbocycles. The lowest BCUT2D eigenvalue weighted by molar-refractivity contribution is -0.240. The number of nitrogen functional groups attached to an aromatic ring is 1. The predicted molar refractivity (Wildman–Crippen MR) is 125 cm³/mol. The minimum Gasteiger partial charge on any atom is -0.382 e. The third-order valence-electron chi connectivity index (χ3n) is 6.44. The van der Waals surface area contributed by atoms with E-state index in [1.54, 1.807) is 28.9 Å². The van der Waals surface area contributed by atoms with Crippen molar-refractivity contribution in [1.29, 1.82) is 0 Å². The number of allylic oxidation sites excluding steroid dienone is 1. The summed E-state index contributed by atoms with van der Waals surface area (Å²) < 4.78 is 56.3. The van der Waals surface area contributed by atoms with Crippen LogP contribution in [0.25, 0.3) is 11.5 Å². The van der Waals surface area contributed by atoms with E-state index in [-0.39, 0.29) is 42.5 Å². The van der Waals surface area contributed by atoms with E-state index >= 15 is 0 Å². The molecule has 0 radical (unpaired) electrons. The number of hydrogen-bond acceptors (Lipinski definition) is 6. The first-order valence-corrected chi connectivity index (χ1v) is 11.2. The fraction of sp³-hybridized carbons (Fsp3) is 0.292. The fourth-order valence-corrected chi connectivity index (χ4v) is 4.20. The molecule has 1 saturated carbocycles. The summed E-state index contributed by atoms with van der Waals surface area (Å²) in [6.07, 6.45) is -0.0507. The molecule has 12 heteroatoms. The Balaban J connectivity index is 1.44. The Morgan fingerprint density at radius 3 is 2.61 bits per heavy atom. The highest BCUT2D eigenvalue weighted by molar-refractivity contribution is 6.09. The van der Waals surface area contributed by atoms with Crippen LogP contribution in [0.15, 0.2) is 53.7 Å².